The minimum Gasteiger partial charge on any atom is -0.300 e. The Kier molecular flexibility index (Phi) is 6.99. The molecule has 2 aromatic rings. The van der Waals surface area contributed by atoms with Crippen molar-refractivity contribution in [2.75, 3.05) is 5.32 Å². The van der Waals surface area contributed by atoms with Crippen LogP contribution in [0.25, 0.3) is 0 Å². The molecule has 0 bridgehead atoms. The van der Waals surface area contributed by atoms with Gasteiger partial charge in [0.1, 0.15) is 5.01 Å². The number of halogens is 1. The van der Waals surface area contributed by atoms with Crippen LogP contribution in [-0.4, -0.2) is 16.1 Å². The summed E-state index contributed by atoms with van der Waals surface area (Å²) in [7, 11) is 0. The van der Waals surface area contributed by atoms with E-state index in [2.05, 4.69) is 22.4 Å². The first-order chi connectivity index (χ1) is 11.1. The Morgan fingerprint density at radius 3 is 2.65 bits per heavy atom. The Morgan fingerprint density at radius 2 is 2.00 bits per heavy atom. The molecule has 1 atom stereocenters. The molecule has 1 aromatic carbocycles. The number of anilines is 1. The van der Waals surface area contributed by atoms with Crippen molar-refractivity contribution in [2.24, 2.45) is 5.92 Å². The maximum Gasteiger partial charge on any atom is 0.229 e. The zero-order valence-corrected chi connectivity index (χ0v) is 15.1. The van der Waals surface area contributed by atoms with Gasteiger partial charge in [-0.15, -0.1) is 10.2 Å². The smallest absolute Gasteiger partial charge is 0.229 e. The molecule has 0 saturated heterocycles. The number of hydrogen-bond acceptors (Lipinski definition) is 4. The van der Waals surface area contributed by atoms with Gasteiger partial charge < -0.3 is 5.32 Å². The molecule has 23 heavy (non-hydrogen) atoms. The van der Waals surface area contributed by atoms with Crippen LogP contribution in [0, 0.1) is 5.92 Å². The molecule has 1 unspecified atom stereocenters. The average Bonchev–Trinajstić information content (AvgIpc) is 2.97. The van der Waals surface area contributed by atoms with Crippen molar-refractivity contribution in [3.63, 3.8) is 0 Å². The first-order valence-corrected chi connectivity index (χ1v) is 9.19. The largest absolute Gasteiger partial charge is 0.300 e. The summed E-state index contributed by atoms with van der Waals surface area (Å²) in [5, 5.41) is 13.3. The number of carbonyl (C=O) groups is 1. The van der Waals surface area contributed by atoms with Gasteiger partial charge >= 0.3 is 0 Å². The van der Waals surface area contributed by atoms with Crippen LogP contribution in [0.15, 0.2) is 24.3 Å². The summed E-state index contributed by atoms with van der Waals surface area (Å²) in [5.74, 6) is 0.105. The molecule has 1 N–H and O–H groups in total. The van der Waals surface area contributed by atoms with Gasteiger partial charge in [0.2, 0.25) is 11.0 Å². The van der Waals surface area contributed by atoms with Crippen molar-refractivity contribution >= 4 is 34.0 Å². The van der Waals surface area contributed by atoms with Crippen LogP contribution >= 0.6 is 22.9 Å². The van der Waals surface area contributed by atoms with Gasteiger partial charge in [0.05, 0.1) is 0 Å². The summed E-state index contributed by atoms with van der Waals surface area (Å²) in [6.45, 7) is 4.18. The zero-order valence-electron chi connectivity index (χ0n) is 13.5. The number of rotatable bonds is 8. The Labute approximate surface area is 146 Å². The maximum absolute atomic E-state index is 12.3. The second kappa shape index (κ2) is 8.99. The van der Waals surface area contributed by atoms with Gasteiger partial charge in [-0.2, -0.15) is 0 Å². The molecule has 0 aliphatic carbocycles. The van der Waals surface area contributed by atoms with Gasteiger partial charge in [0.15, 0.2) is 0 Å². The van der Waals surface area contributed by atoms with Gasteiger partial charge in [-0.3, -0.25) is 4.79 Å². The third-order valence-corrected chi connectivity index (χ3v) is 4.83. The predicted molar refractivity (Wildman–Crippen MR) is 96.1 cm³/mol. The van der Waals surface area contributed by atoms with Crippen molar-refractivity contribution < 1.29 is 4.79 Å². The molecule has 0 spiro atoms. The Bertz CT molecular complexity index is 627. The van der Waals surface area contributed by atoms with E-state index < -0.39 is 0 Å². The van der Waals surface area contributed by atoms with E-state index in [0.29, 0.717) is 11.6 Å². The summed E-state index contributed by atoms with van der Waals surface area (Å²) in [6.07, 6.45) is 4.65. The normalized spacial score (nSPS) is 12.1. The van der Waals surface area contributed by atoms with E-state index >= 15 is 0 Å². The highest BCUT2D eigenvalue weighted by Gasteiger charge is 2.17. The lowest BCUT2D eigenvalue weighted by molar-refractivity contribution is -0.120. The van der Waals surface area contributed by atoms with Crippen molar-refractivity contribution in [1.29, 1.82) is 0 Å². The van der Waals surface area contributed by atoms with Gasteiger partial charge in [-0.25, -0.2) is 0 Å². The number of nitrogens with one attached hydrogen (secondary N) is 1. The van der Waals surface area contributed by atoms with Gasteiger partial charge in [0, 0.05) is 17.4 Å². The fourth-order valence-corrected chi connectivity index (χ4v) is 3.23. The lowest BCUT2D eigenvalue weighted by Gasteiger charge is -2.12. The van der Waals surface area contributed by atoms with E-state index in [1.165, 1.54) is 11.3 Å². The van der Waals surface area contributed by atoms with E-state index in [4.69, 9.17) is 11.6 Å². The van der Waals surface area contributed by atoms with Crippen LogP contribution in [0.4, 0.5) is 5.13 Å². The van der Waals surface area contributed by atoms with Crippen LogP contribution in [0.3, 0.4) is 0 Å². The van der Waals surface area contributed by atoms with E-state index in [1.807, 2.05) is 31.2 Å². The molecule has 0 radical (unpaired) electrons. The van der Waals surface area contributed by atoms with E-state index in [9.17, 15) is 4.79 Å². The van der Waals surface area contributed by atoms with Crippen molar-refractivity contribution in [2.45, 2.75) is 46.0 Å². The van der Waals surface area contributed by atoms with Crippen LogP contribution < -0.4 is 5.32 Å². The lowest BCUT2D eigenvalue weighted by Crippen LogP contribution is -2.22. The van der Waals surface area contributed by atoms with E-state index in [1.54, 1.807) is 0 Å². The third-order valence-electron chi connectivity index (χ3n) is 3.74. The van der Waals surface area contributed by atoms with Crippen LogP contribution in [0.5, 0.6) is 0 Å². The van der Waals surface area contributed by atoms with Crippen LogP contribution in [-0.2, 0) is 11.2 Å². The van der Waals surface area contributed by atoms with Crippen LogP contribution in [0.2, 0.25) is 5.02 Å². The molecule has 0 saturated carbocycles. The summed E-state index contributed by atoms with van der Waals surface area (Å²) in [6, 6.07) is 7.67. The number of carbonyl (C=O) groups excluding carboxylic acids is 1. The van der Waals surface area contributed by atoms with Crippen molar-refractivity contribution in [1.82, 2.24) is 10.2 Å². The average molecular weight is 352 g/mol. The highest BCUT2D eigenvalue weighted by atomic mass is 35.5. The van der Waals surface area contributed by atoms with Crippen molar-refractivity contribution in [3.05, 3.63) is 39.9 Å². The summed E-state index contributed by atoms with van der Waals surface area (Å²) in [5.41, 5.74) is 1.12. The highest BCUT2D eigenvalue weighted by Crippen LogP contribution is 2.21. The van der Waals surface area contributed by atoms with Gasteiger partial charge in [0.25, 0.3) is 0 Å². The summed E-state index contributed by atoms with van der Waals surface area (Å²) >= 11 is 7.31. The number of hydrogen-bond donors (Lipinski definition) is 1. The second-order valence-electron chi connectivity index (χ2n) is 5.54. The zero-order chi connectivity index (χ0) is 16.7. The van der Waals surface area contributed by atoms with Crippen molar-refractivity contribution in [3.8, 4) is 0 Å². The number of nitrogens with zero attached hydrogens (tertiary/aromatic N) is 2. The Balaban J connectivity index is 1.93. The SMILES string of the molecule is CCCCC(CC)C(=O)Nc1nnc(Cc2ccc(Cl)cc2)s1. The summed E-state index contributed by atoms with van der Waals surface area (Å²) < 4.78 is 0. The first kappa shape index (κ1) is 17.9. The topological polar surface area (TPSA) is 54.9 Å². The molecular weight excluding hydrogens is 330 g/mol. The molecule has 1 amide bonds. The number of amides is 1. The molecule has 6 heteroatoms. The highest BCUT2D eigenvalue weighted by molar-refractivity contribution is 7.15. The minimum atomic E-state index is 0.0511. The first-order valence-electron chi connectivity index (χ1n) is 8.00. The molecule has 0 fully saturated rings. The molecule has 124 valence electrons. The molecular formula is C17H22ClN3OS. The second-order valence-corrected chi connectivity index (χ2v) is 7.04. The molecule has 0 aliphatic heterocycles. The molecule has 2 rings (SSSR count). The number of unbranched alkanes of at least 4 members (excludes halogenated alkanes) is 1. The van der Waals surface area contributed by atoms with E-state index in [0.717, 1.165) is 41.3 Å². The van der Waals surface area contributed by atoms with Crippen LogP contribution in [0.1, 0.15) is 50.1 Å². The molecule has 4 nitrogen and oxygen atoms in total. The minimum absolute atomic E-state index is 0.0511. The quantitative estimate of drug-likeness (QED) is 0.733. The molecule has 1 heterocycles. The number of benzene rings is 1. The fraction of sp³-hybridized carbons (Fsp3) is 0.471. The number of aromatic nitrogens is 2. The fourth-order valence-electron chi connectivity index (χ4n) is 2.33. The van der Waals surface area contributed by atoms with Gasteiger partial charge in [-0.05, 0) is 30.5 Å². The lowest BCUT2D eigenvalue weighted by atomic mass is 9.99. The van der Waals surface area contributed by atoms with E-state index in [-0.39, 0.29) is 11.8 Å². The third kappa shape index (κ3) is 5.59. The summed E-state index contributed by atoms with van der Waals surface area (Å²) in [4.78, 5) is 12.3. The Morgan fingerprint density at radius 1 is 1.26 bits per heavy atom. The molecule has 0 aliphatic rings. The standard InChI is InChI=1S/C17H22ClN3OS/c1-3-5-6-13(4-2)16(22)19-17-21-20-15(23-17)11-12-7-9-14(18)10-8-12/h7-10,13H,3-6,11H2,1-2H3,(H,19,21,22). The Hall–Kier alpha value is -1.46. The maximum atomic E-state index is 12.3. The monoisotopic (exact) mass is 351 g/mol. The predicted octanol–water partition coefficient (Wildman–Crippen LogP) is 4.94. The molecule has 1 aromatic heterocycles. The van der Waals surface area contributed by atoms with Gasteiger partial charge in [-0.1, -0.05) is 61.8 Å².